The Morgan fingerprint density at radius 3 is 2.53 bits per heavy atom. The fraction of sp³-hybridized carbons (Fsp3) is 0.200. The van der Waals surface area contributed by atoms with Crippen LogP contribution in [0.15, 0.2) is 48.5 Å². The van der Waals surface area contributed by atoms with E-state index >= 15 is 0 Å². The van der Waals surface area contributed by atoms with Gasteiger partial charge in [0, 0.05) is 24.1 Å². The fourth-order valence-electron chi connectivity index (χ4n) is 2.75. The minimum atomic E-state index is -0.774. The summed E-state index contributed by atoms with van der Waals surface area (Å²) in [5.41, 5.74) is 0.714. The fourth-order valence-corrected chi connectivity index (χ4v) is 3.52. The molecule has 3 rings (SSSR count). The van der Waals surface area contributed by atoms with E-state index in [0.29, 0.717) is 6.42 Å². The van der Waals surface area contributed by atoms with Crippen LogP contribution in [-0.4, -0.2) is 34.1 Å². The Balaban J connectivity index is 1.65. The van der Waals surface area contributed by atoms with Crippen LogP contribution in [0.5, 0.6) is 0 Å². The summed E-state index contributed by atoms with van der Waals surface area (Å²) < 4.78 is 4.58. The second kappa shape index (κ2) is 9.70. The van der Waals surface area contributed by atoms with Crippen LogP contribution in [-0.2, 0) is 17.6 Å². The quantitative estimate of drug-likeness (QED) is 0.331. The van der Waals surface area contributed by atoms with Crippen molar-refractivity contribution >= 4 is 34.0 Å². The van der Waals surface area contributed by atoms with E-state index in [1.165, 1.54) is 23.0 Å². The Morgan fingerprint density at radius 2 is 1.83 bits per heavy atom. The Bertz CT molecular complexity index is 1070. The van der Waals surface area contributed by atoms with Gasteiger partial charge in [-0.25, -0.2) is 4.79 Å². The highest BCUT2D eigenvalue weighted by molar-refractivity contribution is 7.15. The molecule has 0 aliphatic heterocycles. The Labute approximate surface area is 175 Å². The minimum absolute atomic E-state index is 0.0505. The highest BCUT2D eigenvalue weighted by Gasteiger charge is 2.19. The maximum Gasteiger partial charge on any atom is 0.338 e. The number of carbonyl (C=O) groups excluding carboxylic acids is 2. The summed E-state index contributed by atoms with van der Waals surface area (Å²) in [5.74, 6) is -1.40. The van der Waals surface area contributed by atoms with Gasteiger partial charge in [-0.2, -0.15) is 0 Å². The molecule has 0 spiro atoms. The standard InChI is InChI=1S/C20H18N4O5S/c1-29-19(26)15-10-14(11-16(12-15)24(27)28)18(25)21-20-23-22-17(30-20)9-5-8-13-6-3-2-4-7-13/h2-4,6-7,10-12H,5,8-9H2,1H3,(H,21,23,25). The Hall–Kier alpha value is -3.66. The molecule has 3 aromatic rings. The van der Waals surface area contributed by atoms with E-state index < -0.39 is 16.8 Å². The lowest BCUT2D eigenvalue weighted by atomic mass is 10.1. The van der Waals surface area contributed by atoms with Gasteiger partial charge in [0.2, 0.25) is 5.13 Å². The first kappa shape index (κ1) is 21.1. The molecule has 1 amide bonds. The minimum Gasteiger partial charge on any atom is -0.465 e. The van der Waals surface area contributed by atoms with Gasteiger partial charge in [-0.15, -0.1) is 10.2 Å². The average molecular weight is 426 g/mol. The van der Waals surface area contributed by atoms with Crippen molar-refractivity contribution < 1.29 is 19.2 Å². The number of nitrogens with one attached hydrogen (secondary N) is 1. The maximum atomic E-state index is 12.5. The molecule has 1 aromatic heterocycles. The summed E-state index contributed by atoms with van der Waals surface area (Å²) in [6, 6.07) is 13.5. The van der Waals surface area contributed by atoms with Gasteiger partial charge in [-0.05, 0) is 24.5 Å². The number of aromatic nitrogens is 2. The van der Waals surface area contributed by atoms with E-state index in [1.807, 2.05) is 18.2 Å². The summed E-state index contributed by atoms with van der Waals surface area (Å²) in [6.45, 7) is 0. The van der Waals surface area contributed by atoms with Crippen molar-refractivity contribution in [2.75, 3.05) is 12.4 Å². The van der Waals surface area contributed by atoms with E-state index in [2.05, 4.69) is 32.4 Å². The maximum absolute atomic E-state index is 12.5. The number of aryl methyl sites for hydroxylation is 2. The van der Waals surface area contributed by atoms with Crippen LogP contribution in [0.3, 0.4) is 0 Å². The molecule has 0 aliphatic carbocycles. The van der Waals surface area contributed by atoms with Crippen LogP contribution >= 0.6 is 11.3 Å². The molecule has 0 atom stereocenters. The number of anilines is 1. The smallest absolute Gasteiger partial charge is 0.338 e. The molecule has 1 N–H and O–H groups in total. The van der Waals surface area contributed by atoms with Gasteiger partial charge in [-0.3, -0.25) is 20.2 Å². The first-order chi connectivity index (χ1) is 14.5. The van der Waals surface area contributed by atoms with E-state index in [-0.39, 0.29) is 21.9 Å². The number of hydrogen-bond donors (Lipinski definition) is 1. The molecule has 0 saturated carbocycles. The number of nitrogens with zero attached hydrogens (tertiary/aromatic N) is 3. The molecule has 0 bridgehead atoms. The summed E-state index contributed by atoms with van der Waals surface area (Å²) in [7, 11) is 1.15. The molecule has 0 unspecified atom stereocenters. The monoisotopic (exact) mass is 426 g/mol. The lowest BCUT2D eigenvalue weighted by molar-refractivity contribution is -0.384. The van der Waals surface area contributed by atoms with Crippen LogP contribution in [0, 0.1) is 10.1 Å². The molecular weight excluding hydrogens is 408 g/mol. The van der Waals surface area contributed by atoms with Crippen molar-refractivity contribution in [2.45, 2.75) is 19.3 Å². The van der Waals surface area contributed by atoms with Crippen LogP contribution in [0.4, 0.5) is 10.8 Å². The lowest BCUT2D eigenvalue weighted by Crippen LogP contribution is -2.14. The second-order valence-corrected chi connectivity index (χ2v) is 7.37. The first-order valence-corrected chi connectivity index (χ1v) is 9.83. The number of rotatable bonds is 8. The Morgan fingerprint density at radius 1 is 1.10 bits per heavy atom. The highest BCUT2D eigenvalue weighted by Crippen LogP contribution is 2.21. The summed E-state index contributed by atoms with van der Waals surface area (Å²) in [4.78, 5) is 34.7. The van der Waals surface area contributed by atoms with Gasteiger partial charge in [-0.1, -0.05) is 41.7 Å². The van der Waals surface area contributed by atoms with Gasteiger partial charge in [0.15, 0.2) is 0 Å². The van der Waals surface area contributed by atoms with E-state index in [9.17, 15) is 19.7 Å². The van der Waals surface area contributed by atoms with E-state index in [1.54, 1.807) is 0 Å². The number of carbonyl (C=O) groups is 2. The SMILES string of the molecule is COC(=O)c1cc(C(=O)Nc2nnc(CCCc3ccccc3)s2)cc([N+](=O)[O-])c1. The van der Waals surface area contributed by atoms with Gasteiger partial charge >= 0.3 is 5.97 Å². The van der Waals surface area contributed by atoms with Crippen LogP contribution < -0.4 is 5.32 Å². The summed E-state index contributed by atoms with van der Waals surface area (Å²) >= 11 is 1.24. The summed E-state index contributed by atoms with van der Waals surface area (Å²) in [5, 5.41) is 22.7. The third-order valence-electron chi connectivity index (χ3n) is 4.20. The van der Waals surface area contributed by atoms with Gasteiger partial charge < -0.3 is 4.74 Å². The number of ether oxygens (including phenoxy) is 1. The average Bonchev–Trinajstić information content (AvgIpc) is 3.20. The second-order valence-electron chi connectivity index (χ2n) is 6.31. The lowest BCUT2D eigenvalue weighted by Gasteiger charge is -2.04. The third-order valence-corrected chi connectivity index (χ3v) is 5.10. The van der Waals surface area contributed by atoms with Gasteiger partial charge in [0.1, 0.15) is 5.01 Å². The number of nitro groups is 1. The number of hydrogen-bond acceptors (Lipinski definition) is 8. The van der Waals surface area contributed by atoms with E-state index in [4.69, 9.17) is 0 Å². The molecule has 0 aliphatic rings. The molecule has 30 heavy (non-hydrogen) atoms. The van der Waals surface area contributed by atoms with E-state index in [0.717, 1.165) is 37.1 Å². The number of benzene rings is 2. The molecule has 0 saturated heterocycles. The highest BCUT2D eigenvalue weighted by atomic mass is 32.1. The topological polar surface area (TPSA) is 124 Å². The van der Waals surface area contributed by atoms with Gasteiger partial charge in [0.25, 0.3) is 11.6 Å². The molecule has 0 fully saturated rings. The predicted molar refractivity (Wildman–Crippen MR) is 111 cm³/mol. The molecule has 0 radical (unpaired) electrons. The largest absolute Gasteiger partial charge is 0.465 e. The van der Waals surface area contributed by atoms with Crippen molar-refractivity contribution in [2.24, 2.45) is 0 Å². The summed E-state index contributed by atoms with van der Waals surface area (Å²) in [6.07, 6.45) is 2.51. The van der Waals surface area contributed by atoms with Crippen LogP contribution in [0.25, 0.3) is 0 Å². The van der Waals surface area contributed by atoms with Crippen LogP contribution in [0.2, 0.25) is 0 Å². The van der Waals surface area contributed by atoms with Crippen molar-refractivity contribution in [1.29, 1.82) is 0 Å². The zero-order chi connectivity index (χ0) is 21.5. The first-order valence-electron chi connectivity index (χ1n) is 9.01. The molecule has 10 heteroatoms. The number of amides is 1. The van der Waals surface area contributed by atoms with Crippen molar-refractivity contribution in [3.05, 3.63) is 80.3 Å². The molecule has 9 nitrogen and oxygen atoms in total. The number of nitro benzene ring substituents is 1. The van der Waals surface area contributed by atoms with Crippen molar-refractivity contribution in [1.82, 2.24) is 10.2 Å². The van der Waals surface area contributed by atoms with Crippen molar-refractivity contribution in [3.8, 4) is 0 Å². The van der Waals surface area contributed by atoms with Crippen molar-refractivity contribution in [3.63, 3.8) is 0 Å². The Kier molecular flexibility index (Phi) is 6.81. The predicted octanol–water partition coefficient (Wildman–Crippen LogP) is 3.66. The van der Waals surface area contributed by atoms with Crippen LogP contribution in [0.1, 0.15) is 37.7 Å². The normalized spacial score (nSPS) is 10.4. The zero-order valence-electron chi connectivity index (χ0n) is 16.0. The zero-order valence-corrected chi connectivity index (χ0v) is 16.8. The molecule has 1 heterocycles. The molecule has 154 valence electrons. The number of non-ortho nitro benzene ring substituents is 1. The van der Waals surface area contributed by atoms with Gasteiger partial charge in [0.05, 0.1) is 17.6 Å². The number of esters is 1. The third kappa shape index (κ3) is 5.45. The molecular formula is C20H18N4O5S. The molecule has 2 aromatic carbocycles. The number of methoxy groups -OCH3 is 1.